The molecule has 2 heterocycles. The molecule has 0 fully saturated rings. The van der Waals surface area contributed by atoms with Gasteiger partial charge in [-0.2, -0.15) is 0 Å². The molecular weight excluding hydrogens is 322 g/mol. The van der Waals surface area contributed by atoms with Gasteiger partial charge < -0.3 is 9.15 Å². The van der Waals surface area contributed by atoms with Crippen LogP contribution in [0, 0.1) is 20.8 Å². The van der Waals surface area contributed by atoms with Crippen molar-refractivity contribution in [3.8, 4) is 0 Å². The van der Waals surface area contributed by atoms with E-state index in [1.807, 2.05) is 37.4 Å². The van der Waals surface area contributed by atoms with Crippen molar-refractivity contribution in [1.82, 2.24) is 4.98 Å². The Kier molecular flexibility index (Phi) is 4.81. The van der Waals surface area contributed by atoms with Gasteiger partial charge >= 0.3 is 5.97 Å². The van der Waals surface area contributed by atoms with Crippen LogP contribution in [0.1, 0.15) is 43.7 Å². The average Bonchev–Trinajstić information content (AvgIpc) is 3.11. The SMILES string of the molecule is Cc1oc(C)c(C(=O)OCc2csc(Cc3ccccc3)n2)c1C. The van der Waals surface area contributed by atoms with Crippen molar-refractivity contribution in [2.75, 3.05) is 0 Å². The number of esters is 1. The van der Waals surface area contributed by atoms with Gasteiger partial charge in [-0.15, -0.1) is 11.3 Å². The van der Waals surface area contributed by atoms with Crippen molar-refractivity contribution < 1.29 is 13.9 Å². The summed E-state index contributed by atoms with van der Waals surface area (Å²) in [7, 11) is 0. The van der Waals surface area contributed by atoms with E-state index in [4.69, 9.17) is 9.15 Å². The summed E-state index contributed by atoms with van der Waals surface area (Å²) in [6.45, 7) is 5.66. The van der Waals surface area contributed by atoms with Crippen molar-refractivity contribution in [3.63, 3.8) is 0 Å². The zero-order chi connectivity index (χ0) is 17.1. The smallest absolute Gasteiger partial charge is 0.342 e. The van der Waals surface area contributed by atoms with E-state index in [-0.39, 0.29) is 12.6 Å². The average molecular weight is 341 g/mol. The second kappa shape index (κ2) is 7.01. The fourth-order valence-corrected chi connectivity index (χ4v) is 3.39. The van der Waals surface area contributed by atoms with E-state index in [0.29, 0.717) is 11.3 Å². The first-order chi connectivity index (χ1) is 11.5. The number of aryl methyl sites for hydroxylation is 2. The van der Waals surface area contributed by atoms with Gasteiger partial charge in [-0.1, -0.05) is 30.3 Å². The summed E-state index contributed by atoms with van der Waals surface area (Å²) in [4.78, 5) is 16.8. The van der Waals surface area contributed by atoms with Gasteiger partial charge in [-0.25, -0.2) is 9.78 Å². The molecule has 0 unspecified atom stereocenters. The van der Waals surface area contributed by atoms with Crippen LogP contribution in [-0.4, -0.2) is 11.0 Å². The summed E-state index contributed by atoms with van der Waals surface area (Å²) >= 11 is 1.58. The quantitative estimate of drug-likeness (QED) is 0.636. The number of hydrogen-bond donors (Lipinski definition) is 0. The fourth-order valence-electron chi connectivity index (χ4n) is 2.57. The highest BCUT2D eigenvalue weighted by Crippen LogP contribution is 2.22. The lowest BCUT2D eigenvalue weighted by Crippen LogP contribution is -2.07. The number of hydrogen-bond acceptors (Lipinski definition) is 5. The number of nitrogens with zero attached hydrogens (tertiary/aromatic N) is 1. The summed E-state index contributed by atoms with van der Waals surface area (Å²) < 4.78 is 10.9. The molecule has 0 saturated carbocycles. The lowest BCUT2D eigenvalue weighted by molar-refractivity contribution is 0.0465. The Hall–Kier alpha value is -2.40. The number of aromatic nitrogens is 1. The number of carbonyl (C=O) groups excluding carboxylic acids is 1. The number of thiazole rings is 1. The molecule has 0 N–H and O–H groups in total. The Morgan fingerprint density at radius 1 is 1.17 bits per heavy atom. The molecule has 0 radical (unpaired) electrons. The second-order valence-electron chi connectivity index (χ2n) is 5.69. The van der Waals surface area contributed by atoms with Crippen molar-refractivity contribution >= 4 is 17.3 Å². The zero-order valence-corrected chi connectivity index (χ0v) is 14.8. The van der Waals surface area contributed by atoms with Crippen LogP contribution in [0.3, 0.4) is 0 Å². The van der Waals surface area contributed by atoms with Crippen molar-refractivity contribution in [2.45, 2.75) is 33.8 Å². The highest BCUT2D eigenvalue weighted by molar-refractivity contribution is 7.09. The Labute approximate surface area is 145 Å². The Morgan fingerprint density at radius 3 is 2.58 bits per heavy atom. The van der Waals surface area contributed by atoms with Gasteiger partial charge in [0.25, 0.3) is 0 Å². The van der Waals surface area contributed by atoms with Crippen molar-refractivity contribution in [1.29, 1.82) is 0 Å². The molecule has 4 nitrogen and oxygen atoms in total. The Balaban J connectivity index is 1.62. The van der Waals surface area contributed by atoms with Gasteiger partial charge in [0.05, 0.1) is 10.7 Å². The molecule has 0 aliphatic rings. The number of benzene rings is 1. The van der Waals surface area contributed by atoms with E-state index in [1.54, 1.807) is 18.3 Å². The van der Waals surface area contributed by atoms with Crippen LogP contribution >= 0.6 is 11.3 Å². The van der Waals surface area contributed by atoms with Gasteiger partial charge in [0.1, 0.15) is 23.7 Å². The van der Waals surface area contributed by atoms with Gasteiger partial charge in [0.15, 0.2) is 0 Å². The largest absolute Gasteiger partial charge is 0.465 e. The maximum Gasteiger partial charge on any atom is 0.342 e. The highest BCUT2D eigenvalue weighted by atomic mass is 32.1. The third-order valence-corrected chi connectivity index (χ3v) is 4.81. The molecule has 0 amide bonds. The Bertz CT molecular complexity index is 849. The van der Waals surface area contributed by atoms with Crippen LogP contribution in [0.4, 0.5) is 0 Å². The molecule has 1 aromatic carbocycles. The van der Waals surface area contributed by atoms with Crippen LogP contribution in [-0.2, 0) is 17.8 Å². The molecule has 0 bridgehead atoms. The molecule has 3 aromatic rings. The molecule has 2 aromatic heterocycles. The number of rotatable bonds is 5. The molecule has 3 rings (SSSR count). The molecule has 0 saturated heterocycles. The maximum absolute atomic E-state index is 12.3. The van der Waals surface area contributed by atoms with Crippen LogP contribution < -0.4 is 0 Å². The first kappa shape index (κ1) is 16.5. The minimum absolute atomic E-state index is 0.174. The van der Waals surface area contributed by atoms with Crippen molar-refractivity contribution in [3.05, 3.63) is 74.6 Å². The highest BCUT2D eigenvalue weighted by Gasteiger charge is 2.20. The summed E-state index contributed by atoms with van der Waals surface area (Å²) in [6.07, 6.45) is 0.790. The first-order valence-electron chi connectivity index (χ1n) is 7.75. The molecule has 124 valence electrons. The van der Waals surface area contributed by atoms with Gasteiger partial charge in [-0.05, 0) is 26.3 Å². The van der Waals surface area contributed by atoms with E-state index < -0.39 is 0 Å². The minimum atomic E-state index is -0.362. The normalized spacial score (nSPS) is 10.8. The molecule has 0 spiro atoms. The maximum atomic E-state index is 12.3. The summed E-state index contributed by atoms with van der Waals surface area (Å²) in [5.74, 6) is 0.982. The zero-order valence-electron chi connectivity index (χ0n) is 14.0. The fraction of sp³-hybridized carbons (Fsp3) is 0.263. The van der Waals surface area contributed by atoms with Crippen LogP contribution in [0.25, 0.3) is 0 Å². The minimum Gasteiger partial charge on any atom is -0.465 e. The van der Waals surface area contributed by atoms with Crippen LogP contribution in [0.15, 0.2) is 40.1 Å². The number of carbonyl (C=O) groups is 1. The van der Waals surface area contributed by atoms with E-state index in [2.05, 4.69) is 17.1 Å². The lowest BCUT2D eigenvalue weighted by atomic mass is 10.1. The Morgan fingerprint density at radius 2 is 1.92 bits per heavy atom. The van der Waals surface area contributed by atoms with Gasteiger partial charge in [-0.3, -0.25) is 0 Å². The monoisotopic (exact) mass is 341 g/mol. The lowest BCUT2D eigenvalue weighted by Gasteiger charge is -2.03. The van der Waals surface area contributed by atoms with Crippen LogP contribution in [0.2, 0.25) is 0 Å². The summed E-state index contributed by atoms with van der Waals surface area (Å²) in [5, 5.41) is 2.95. The number of furan rings is 1. The van der Waals surface area contributed by atoms with Crippen molar-refractivity contribution in [2.24, 2.45) is 0 Å². The topological polar surface area (TPSA) is 52.3 Å². The third kappa shape index (κ3) is 3.57. The summed E-state index contributed by atoms with van der Waals surface area (Å²) in [6, 6.07) is 10.2. The molecule has 0 atom stereocenters. The van der Waals surface area contributed by atoms with E-state index >= 15 is 0 Å². The third-order valence-electron chi connectivity index (χ3n) is 3.91. The molecule has 24 heavy (non-hydrogen) atoms. The van der Waals surface area contributed by atoms with Gasteiger partial charge in [0.2, 0.25) is 0 Å². The second-order valence-corrected chi connectivity index (χ2v) is 6.63. The standard InChI is InChI=1S/C19H19NO3S/c1-12-13(2)23-14(3)18(12)19(21)22-10-16-11-24-17(20-16)9-15-7-5-4-6-8-15/h4-8,11H,9-10H2,1-3H3. The summed E-state index contributed by atoms with van der Waals surface area (Å²) in [5.41, 5.74) is 3.35. The predicted octanol–water partition coefficient (Wildman–Crippen LogP) is 4.61. The molecular formula is C19H19NO3S. The van der Waals surface area contributed by atoms with E-state index in [1.165, 1.54) is 5.56 Å². The first-order valence-corrected chi connectivity index (χ1v) is 8.63. The van der Waals surface area contributed by atoms with Crippen LogP contribution in [0.5, 0.6) is 0 Å². The molecule has 0 aliphatic heterocycles. The van der Waals surface area contributed by atoms with E-state index in [9.17, 15) is 4.79 Å². The van der Waals surface area contributed by atoms with Gasteiger partial charge in [0, 0.05) is 17.4 Å². The predicted molar refractivity (Wildman–Crippen MR) is 93.4 cm³/mol. The molecule has 5 heteroatoms. The molecule has 0 aliphatic carbocycles. The number of ether oxygens (including phenoxy) is 1. The van der Waals surface area contributed by atoms with E-state index in [0.717, 1.165) is 28.4 Å².